The number of rotatable bonds is 8. The van der Waals surface area contributed by atoms with Crippen LogP contribution in [0.15, 0.2) is 84.4 Å². The summed E-state index contributed by atoms with van der Waals surface area (Å²) in [4.78, 5) is 39.3. The van der Waals surface area contributed by atoms with Crippen molar-refractivity contribution in [1.82, 2.24) is 5.32 Å². The summed E-state index contributed by atoms with van der Waals surface area (Å²) in [6, 6.07) is 22.8. The topological polar surface area (TPSA) is 97.0 Å². The number of carbonyl (C=O) groups is 3. The molecule has 36 heavy (non-hydrogen) atoms. The number of amides is 3. The first kappa shape index (κ1) is 24.6. The van der Waals surface area contributed by atoms with Gasteiger partial charge in [-0.3, -0.25) is 24.6 Å². The molecule has 0 aromatic heterocycles. The van der Waals surface area contributed by atoms with Gasteiger partial charge in [0, 0.05) is 5.69 Å². The molecule has 1 saturated heterocycles. The van der Waals surface area contributed by atoms with Gasteiger partial charge >= 0.3 is 0 Å². The number of thiocarbonyl (C=S) groups is 1. The fraction of sp³-hybridized carbons (Fsp3) is 0.111. The van der Waals surface area contributed by atoms with E-state index in [-0.39, 0.29) is 23.2 Å². The first-order chi connectivity index (χ1) is 17.5. The van der Waals surface area contributed by atoms with Crippen LogP contribution in [0.5, 0.6) is 11.5 Å². The number of carbonyl (C=O) groups excluding carboxylic acids is 3. The van der Waals surface area contributed by atoms with Gasteiger partial charge in [-0.1, -0.05) is 42.5 Å². The quantitative estimate of drug-likeness (QED) is 0.276. The Hall–Kier alpha value is -4.50. The number of hydrogen-bond donors (Lipinski definition) is 2. The maximum Gasteiger partial charge on any atom is 0.270 e. The van der Waals surface area contributed by atoms with E-state index in [0.29, 0.717) is 35.0 Å². The Bertz CT molecular complexity index is 1330. The van der Waals surface area contributed by atoms with Crippen molar-refractivity contribution in [2.45, 2.75) is 6.92 Å². The van der Waals surface area contributed by atoms with Crippen LogP contribution in [0, 0.1) is 0 Å². The molecular weight excluding hydrogens is 478 g/mol. The SMILES string of the molecule is CCOc1cc(/C=C2/C(=O)NC(=S)N(c3ccccc3)C2=O)ccc1OCC(=O)Nc1ccccc1. The van der Waals surface area contributed by atoms with E-state index in [0.717, 1.165) is 0 Å². The monoisotopic (exact) mass is 501 g/mol. The van der Waals surface area contributed by atoms with Gasteiger partial charge in [0.25, 0.3) is 17.7 Å². The van der Waals surface area contributed by atoms with E-state index < -0.39 is 11.8 Å². The summed E-state index contributed by atoms with van der Waals surface area (Å²) in [5.74, 6) is -0.720. The molecule has 0 radical (unpaired) electrons. The van der Waals surface area contributed by atoms with Crippen LogP contribution in [0.3, 0.4) is 0 Å². The number of nitrogens with one attached hydrogen (secondary N) is 2. The molecule has 2 N–H and O–H groups in total. The Balaban J connectivity index is 1.53. The number of para-hydroxylation sites is 2. The highest BCUT2D eigenvalue weighted by atomic mass is 32.1. The summed E-state index contributed by atoms with van der Waals surface area (Å²) >= 11 is 5.22. The lowest BCUT2D eigenvalue weighted by Crippen LogP contribution is -2.54. The molecule has 1 heterocycles. The van der Waals surface area contributed by atoms with Crippen LogP contribution in [-0.2, 0) is 14.4 Å². The van der Waals surface area contributed by atoms with Gasteiger partial charge in [0.1, 0.15) is 5.57 Å². The van der Waals surface area contributed by atoms with Crippen molar-refractivity contribution in [1.29, 1.82) is 0 Å². The van der Waals surface area contributed by atoms with Gasteiger partial charge in [-0.15, -0.1) is 0 Å². The van der Waals surface area contributed by atoms with Crippen molar-refractivity contribution in [2.75, 3.05) is 23.4 Å². The van der Waals surface area contributed by atoms with Crippen molar-refractivity contribution < 1.29 is 23.9 Å². The maximum absolute atomic E-state index is 13.2. The minimum Gasteiger partial charge on any atom is -0.490 e. The standard InChI is InChI=1S/C27H23N3O5S/c1-2-34-23-16-18(13-14-22(23)35-17-24(31)28-19-9-5-3-6-10-19)15-21-25(32)29-27(36)30(26(21)33)20-11-7-4-8-12-20/h3-16H,2,17H2,1H3,(H,28,31)(H,29,32,36)/b21-15-. The summed E-state index contributed by atoms with van der Waals surface area (Å²) < 4.78 is 11.3. The third-order valence-corrected chi connectivity index (χ3v) is 5.40. The van der Waals surface area contributed by atoms with Crippen LogP contribution in [0.1, 0.15) is 12.5 Å². The van der Waals surface area contributed by atoms with E-state index in [9.17, 15) is 14.4 Å². The molecular formula is C27H23N3O5S. The molecule has 182 valence electrons. The molecule has 4 rings (SSSR count). The Kier molecular flexibility index (Phi) is 7.72. The molecule has 1 aliphatic heterocycles. The van der Waals surface area contributed by atoms with Gasteiger partial charge in [0.2, 0.25) is 0 Å². The number of ether oxygens (including phenoxy) is 2. The van der Waals surface area contributed by atoms with Crippen LogP contribution < -0.4 is 25.0 Å². The average molecular weight is 502 g/mol. The molecule has 0 atom stereocenters. The lowest BCUT2D eigenvalue weighted by Gasteiger charge is -2.28. The molecule has 0 spiro atoms. The van der Waals surface area contributed by atoms with Gasteiger partial charge in [-0.2, -0.15) is 0 Å². The largest absolute Gasteiger partial charge is 0.490 e. The third-order valence-electron chi connectivity index (χ3n) is 5.11. The summed E-state index contributed by atoms with van der Waals surface area (Å²) in [5.41, 5.74) is 1.67. The van der Waals surface area contributed by atoms with Crippen molar-refractivity contribution in [3.63, 3.8) is 0 Å². The summed E-state index contributed by atoms with van der Waals surface area (Å²) in [5, 5.41) is 5.32. The Morgan fingerprint density at radius 1 is 0.972 bits per heavy atom. The van der Waals surface area contributed by atoms with Gasteiger partial charge in [-0.05, 0) is 67.2 Å². The molecule has 0 unspecified atom stereocenters. The molecule has 3 aromatic rings. The predicted octanol–water partition coefficient (Wildman–Crippen LogP) is 3.93. The van der Waals surface area contributed by atoms with Gasteiger partial charge in [0.15, 0.2) is 23.2 Å². The number of hydrogen-bond acceptors (Lipinski definition) is 6. The van der Waals surface area contributed by atoms with Crippen molar-refractivity contribution in [2.24, 2.45) is 0 Å². The second kappa shape index (κ2) is 11.3. The smallest absolute Gasteiger partial charge is 0.270 e. The molecule has 3 amide bonds. The summed E-state index contributed by atoms with van der Waals surface area (Å²) in [6.07, 6.45) is 1.46. The second-order valence-corrected chi connectivity index (χ2v) is 8.02. The summed E-state index contributed by atoms with van der Waals surface area (Å²) in [6.45, 7) is 1.94. The average Bonchev–Trinajstić information content (AvgIpc) is 2.87. The molecule has 1 fully saturated rings. The normalized spacial score (nSPS) is 14.4. The van der Waals surface area contributed by atoms with Crippen molar-refractivity contribution in [3.8, 4) is 11.5 Å². The minimum absolute atomic E-state index is 0.0147. The predicted molar refractivity (Wildman–Crippen MR) is 141 cm³/mol. The number of anilines is 2. The first-order valence-electron chi connectivity index (χ1n) is 11.2. The summed E-state index contributed by atoms with van der Waals surface area (Å²) in [7, 11) is 0. The highest BCUT2D eigenvalue weighted by molar-refractivity contribution is 7.80. The molecule has 0 aliphatic carbocycles. The Morgan fingerprint density at radius 3 is 2.36 bits per heavy atom. The number of nitrogens with zero attached hydrogens (tertiary/aromatic N) is 1. The van der Waals surface area contributed by atoms with E-state index in [2.05, 4.69) is 10.6 Å². The van der Waals surface area contributed by atoms with E-state index in [1.165, 1.54) is 11.0 Å². The van der Waals surface area contributed by atoms with Crippen LogP contribution in [0.4, 0.5) is 11.4 Å². The van der Waals surface area contributed by atoms with E-state index in [1.54, 1.807) is 54.6 Å². The lowest BCUT2D eigenvalue weighted by atomic mass is 10.1. The van der Waals surface area contributed by atoms with Crippen LogP contribution >= 0.6 is 12.2 Å². The van der Waals surface area contributed by atoms with Gasteiger partial charge < -0.3 is 14.8 Å². The maximum atomic E-state index is 13.2. The van der Waals surface area contributed by atoms with Gasteiger partial charge in [0.05, 0.1) is 12.3 Å². The second-order valence-electron chi connectivity index (χ2n) is 7.64. The highest BCUT2D eigenvalue weighted by Crippen LogP contribution is 2.30. The van der Waals surface area contributed by atoms with E-state index in [4.69, 9.17) is 21.7 Å². The molecule has 1 aliphatic rings. The third kappa shape index (κ3) is 5.76. The van der Waals surface area contributed by atoms with Crippen LogP contribution in [-0.4, -0.2) is 36.0 Å². The van der Waals surface area contributed by atoms with Crippen LogP contribution in [0.25, 0.3) is 6.08 Å². The molecule has 0 saturated carbocycles. The molecule has 8 nitrogen and oxygen atoms in total. The zero-order chi connectivity index (χ0) is 25.5. The van der Waals surface area contributed by atoms with Crippen molar-refractivity contribution in [3.05, 3.63) is 90.0 Å². The zero-order valence-corrected chi connectivity index (χ0v) is 20.2. The minimum atomic E-state index is -0.590. The van der Waals surface area contributed by atoms with Crippen molar-refractivity contribution >= 4 is 52.5 Å². The first-order valence-corrected chi connectivity index (χ1v) is 11.6. The lowest BCUT2D eigenvalue weighted by molar-refractivity contribution is -0.122. The van der Waals surface area contributed by atoms with E-state index in [1.807, 2.05) is 31.2 Å². The van der Waals surface area contributed by atoms with Crippen LogP contribution in [0.2, 0.25) is 0 Å². The highest BCUT2D eigenvalue weighted by Gasteiger charge is 2.34. The molecule has 0 bridgehead atoms. The Morgan fingerprint density at radius 2 is 1.67 bits per heavy atom. The van der Waals surface area contributed by atoms with E-state index >= 15 is 0 Å². The molecule has 3 aromatic carbocycles. The fourth-order valence-corrected chi connectivity index (χ4v) is 3.78. The zero-order valence-electron chi connectivity index (χ0n) is 19.4. The molecule has 9 heteroatoms. The Labute approximate surface area is 213 Å². The fourth-order valence-electron chi connectivity index (χ4n) is 3.50. The number of benzene rings is 3. The van der Waals surface area contributed by atoms with Gasteiger partial charge in [-0.25, -0.2) is 0 Å².